The van der Waals surface area contributed by atoms with Crippen LogP contribution < -0.4 is 4.74 Å². The Hall–Kier alpha value is -1.10. The summed E-state index contributed by atoms with van der Waals surface area (Å²) < 4.78 is 31.4. The fourth-order valence-corrected chi connectivity index (χ4v) is 1.70. The molecule has 0 saturated heterocycles. The maximum atomic E-state index is 13.4. The molecule has 0 aliphatic heterocycles. The van der Waals surface area contributed by atoms with Crippen LogP contribution in [0.15, 0.2) is 24.3 Å². The zero-order chi connectivity index (χ0) is 13.3. The van der Waals surface area contributed by atoms with Crippen molar-refractivity contribution >= 4 is 34.8 Å². The van der Waals surface area contributed by atoms with Crippen LogP contribution in [0.25, 0.3) is 0 Å². The van der Waals surface area contributed by atoms with E-state index in [-0.39, 0.29) is 26.8 Å². The summed E-state index contributed by atoms with van der Waals surface area (Å²) in [4.78, 5) is 3.73. The highest BCUT2D eigenvalue weighted by Gasteiger charge is 2.14. The Kier molecular flexibility index (Phi) is 3.90. The lowest BCUT2D eigenvalue weighted by Crippen LogP contribution is -1.94. The van der Waals surface area contributed by atoms with Crippen molar-refractivity contribution in [3.8, 4) is 11.6 Å². The van der Waals surface area contributed by atoms with Crippen LogP contribution in [0.1, 0.15) is 0 Å². The monoisotopic (exact) mass is 309 g/mol. The Labute approximate surface area is 116 Å². The van der Waals surface area contributed by atoms with Gasteiger partial charge in [0.05, 0.1) is 5.02 Å². The van der Waals surface area contributed by atoms with Crippen molar-refractivity contribution in [3.63, 3.8) is 0 Å². The van der Waals surface area contributed by atoms with Crippen LogP contribution in [0, 0.1) is 11.6 Å². The van der Waals surface area contributed by atoms with Gasteiger partial charge in [0.25, 0.3) is 0 Å². The molecule has 1 heterocycles. The average Bonchev–Trinajstić information content (AvgIpc) is 2.32. The van der Waals surface area contributed by atoms with Gasteiger partial charge in [-0.3, -0.25) is 0 Å². The molecule has 7 heteroatoms. The summed E-state index contributed by atoms with van der Waals surface area (Å²) in [6.45, 7) is 0. The second-order valence-electron chi connectivity index (χ2n) is 3.20. The highest BCUT2D eigenvalue weighted by molar-refractivity contribution is 6.42. The molecule has 0 aliphatic carbocycles. The largest absolute Gasteiger partial charge is 0.434 e. The summed E-state index contributed by atoms with van der Waals surface area (Å²) in [6.07, 6.45) is 0. The summed E-state index contributed by atoms with van der Waals surface area (Å²) in [6, 6.07) is 4.79. The first-order chi connectivity index (χ1) is 8.49. The predicted octanol–water partition coefficient (Wildman–Crippen LogP) is 5.11. The molecule has 0 atom stereocenters. The molecule has 0 spiro atoms. The molecule has 1 aromatic heterocycles. The number of hydrogen-bond acceptors (Lipinski definition) is 2. The van der Waals surface area contributed by atoms with E-state index in [0.717, 1.165) is 6.07 Å². The summed E-state index contributed by atoms with van der Waals surface area (Å²) in [7, 11) is 0. The quantitative estimate of drug-likeness (QED) is 0.719. The minimum Gasteiger partial charge on any atom is -0.434 e. The summed E-state index contributed by atoms with van der Waals surface area (Å²) in [5, 5.41) is 0.120. The minimum absolute atomic E-state index is 0.0352. The normalized spacial score (nSPS) is 10.5. The smallest absolute Gasteiger partial charge is 0.239 e. The molecular formula is C11H4Cl3F2NO. The van der Waals surface area contributed by atoms with Gasteiger partial charge >= 0.3 is 0 Å². The summed E-state index contributed by atoms with van der Waals surface area (Å²) in [5.74, 6) is -2.68. The molecule has 0 unspecified atom stereocenters. The third kappa shape index (κ3) is 2.66. The molecule has 0 amide bonds. The van der Waals surface area contributed by atoms with Gasteiger partial charge in [-0.15, -0.1) is 0 Å². The number of aromatic nitrogens is 1. The maximum absolute atomic E-state index is 13.4. The predicted molar refractivity (Wildman–Crippen MR) is 65.7 cm³/mol. The molecule has 0 bridgehead atoms. The van der Waals surface area contributed by atoms with Gasteiger partial charge in [-0.25, -0.2) is 4.39 Å². The Bertz CT molecular complexity index is 607. The van der Waals surface area contributed by atoms with Gasteiger partial charge in [-0.05, 0) is 18.2 Å². The summed E-state index contributed by atoms with van der Waals surface area (Å²) in [5.41, 5.74) is 0. The molecule has 2 aromatic rings. The molecule has 0 fully saturated rings. The first-order valence-electron chi connectivity index (χ1n) is 4.62. The lowest BCUT2D eigenvalue weighted by atomic mass is 10.3. The van der Waals surface area contributed by atoms with Crippen molar-refractivity contribution < 1.29 is 13.5 Å². The fourth-order valence-electron chi connectivity index (χ4n) is 1.17. The van der Waals surface area contributed by atoms with E-state index in [4.69, 9.17) is 39.5 Å². The van der Waals surface area contributed by atoms with Gasteiger partial charge in [-0.1, -0.05) is 40.9 Å². The molecule has 2 rings (SSSR count). The van der Waals surface area contributed by atoms with Crippen molar-refractivity contribution in [2.75, 3.05) is 0 Å². The van der Waals surface area contributed by atoms with Crippen LogP contribution in [0.5, 0.6) is 11.6 Å². The van der Waals surface area contributed by atoms with E-state index in [1.807, 2.05) is 0 Å². The number of nitrogens with zero attached hydrogens (tertiary/aromatic N) is 1. The third-order valence-corrected chi connectivity index (χ3v) is 2.92. The number of pyridine rings is 1. The third-order valence-electron chi connectivity index (χ3n) is 1.98. The molecule has 0 aliphatic rings. The van der Waals surface area contributed by atoms with Crippen LogP contribution in [0.2, 0.25) is 15.2 Å². The highest BCUT2D eigenvalue weighted by Crippen LogP contribution is 2.34. The molecule has 18 heavy (non-hydrogen) atoms. The SMILES string of the molecule is Fc1cccc(Oc2nc(Cl)c(Cl)cc2Cl)c1F. The number of halogens is 5. The minimum atomic E-state index is -1.14. The lowest BCUT2D eigenvalue weighted by molar-refractivity contribution is 0.406. The number of hydrogen-bond donors (Lipinski definition) is 0. The second-order valence-corrected chi connectivity index (χ2v) is 4.37. The van der Waals surface area contributed by atoms with Crippen molar-refractivity contribution in [1.82, 2.24) is 4.98 Å². The van der Waals surface area contributed by atoms with Crippen LogP contribution in [-0.4, -0.2) is 4.98 Å². The van der Waals surface area contributed by atoms with Gasteiger partial charge in [0.1, 0.15) is 5.02 Å². The van der Waals surface area contributed by atoms with Crippen LogP contribution >= 0.6 is 34.8 Å². The van der Waals surface area contributed by atoms with E-state index < -0.39 is 11.6 Å². The van der Waals surface area contributed by atoms with E-state index in [2.05, 4.69) is 4.98 Å². The van der Waals surface area contributed by atoms with Gasteiger partial charge in [0, 0.05) is 0 Å². The Morgan fingerprint density at radius 2 is 1.78 bits per heavy atom. The first kappa shape index (κ1) is 13.3. The Morgan fingerprint density at radius 3 is 2.50 bits per heavy atom. The molecular weight excluding hydrogens is 306 g/mol. The fraction of sp³-hybridized carbons (Fsp3) is 0. The van der Waals surface area contributed by atoms with Gasteiger partial charge in [0.2, 0.25) is 11.7 Å². The molecule has 94 valence electrons. The van der Waals surface area contributed by atoms with Crippen LogP contribution in [0.4, 0.5) is 8.78 Å². The molecule has 0 radical (unpaired) electrons. The van der Waals surface area contributed by atoms with E-state index in [1.165, 1.54) is 18.2 Å². The van der Waals surface area contributed by atoms with E-state index in [1.54, 1.807) is 0 Å². The maximum Gasteiger partial charge on any atom is 0.239 e. The number of ether oxygens (including phenoxy) is 1. The highest BCUT2D eigenvalue weighted by atomic mass is 35.5. The van der Waals surface area contributed by atoms with Crippen molar-refractivity contribution in [2.45, 2.75) is 0 Å². The van der Waals surface area contributed by atoms with Gasteiger partial charge in [0.15, 0.2) is 16.7 Å². The zero-order valence-corrected chi connectivity index (χ0v) is 10.8. The van der Waals surface area contributed by atoms with Crippen LogP contribution in [-0.2, 0) is 0 Å². The second kappa shape index (κ2) is 5.26. The van der Waals surface area contributed by atoms with Crippen LogP contribution in [0.3, 0.4) is 0 Å². The topological polar surface area (TPSA) is 22.1 Å². The average molecular weight is 311 g/mol. The lowest BCUT2D eigenvalue weighted by Gasteiger charge is -2.08. The van der Waals surface area contributed by atoms with E-state index in [0.29, 0.717) is 0 Å². The molecule has 0 N–H and O–H groups in total. The van der Waals surface area contributed by atoms with Gasteiger partial charge < -0.3 is 4.74 Å². The van der Waals surface area contributed by atoms with E-state index >= 15 is 0 Å². The number of rotatable bonds is 2. The molecule has 0 saturated carbocycles. The standard InChI is InChI=1S/C11H4Cl3F2NO/c12-5-4-6(13)11(17-10(5)14)18-8-3-1-2-7(15)9(8)16/h1-4H. The van der Waals surface area contributed by atoms with Crippen molar-refractivity contribution in [1.29, 1.82) is 0 Å². The number of benzene rings is 1. The first-order valence-corrected chi connectivity index (χ1v) is 5.76. The van der Waals surface area contributed by atoms with E-state index in [9.17, 15) is 8.78 Å². The Morgan fingerprint density at radius 1 is 1.06 bits per heavy atom. The van der Waals surface area contributed by atoms with Gasteiger partial charge in [-0.2, -0.15) is 9.37 Å². The summed E-state index contributed by atoms with van der Waals surface area (Å²) >= 11 is 17.1. The zero-order valence-electron chi connectivity index (χ0n) is 8.55. The molecule has 1 aromatic carbocycles. The molecule has 2 nitrogen and oxygen atoms in total. The Balaban J connectivity index is 2.40. The van der Waals surface area contributed by atoms with Crippen molar-refractivity contribution in [2.24, 2.45) is 0 Å². The van der Waals surface area contributed by atoms with Crippen molar-refractivity contribution in [3.05, 3.63) is 51.1 Å².